The molecule has 0 unspecified atom stereocenters. The summed E-state index contributed by atoms with van der Waals surface area (Å²) in [5, 5.41) is 16.7. The van der Waals surface area contributed by atoms with E-state index in [2.05, 4.69) is 10.3 Å². The minimum atomic E-state index is -0.427. The zero-order valence-corrected chi connectivity index (χ0v) is 16.4. The molecule has 0 radical (unpaired) electrons. The van der Waals surface area contributed by atoms with E-state index < -0.39 is 4.92 Å². The smallest absolute Gasteiger partial charge is 0.273 e. The zero-order chi connectivity index (χ0) is 18.1. The lowest BCUT2D eigenvalue weighted by Gasteiger charge is -2.38. The van der Waals surface area contributed by atoms with Crippen LogP contribution in [0.25, 0.3) is 10.6 Å². The number of nitro benzene ring substituents is 1. The van der Waals surface area contributed by atoms with Crippen LogP contribution in [0.3, 0.4) is 0 Å². The summed E-state index contributed by atoms with van der Waals surface area (Å²) in [6.07, 6.45) is 3.30. The monoisotopic (exact) mass is 408 g/mol. The number of rotatable bonds is 3. The van der Waals surface area contributed by atoms with Gasteiger partial charge in [0.05, 0.1) is 4.92 Å². The third-order valence-electron chi connectivity index (χ3n) is 5.49. The molecule has 1 amide bonds. The van der Waals surface area contributed by atoms with Crippen molar-refractivity contribution < 1.29 is 9.72 Å². The summed E-state index contributed by atoms with van der Waals surface area (Å²) in [4.78, 5) is 29.4. The number of hydrogen-bond donors (Lipinski definition) is 1. The van der Waals surface area contributed by atoms with Gasteiger partial charge in [-0.2, -0.15) is 0 Å². The molecule has 1 N–H and O–H groups in total. The number of amides is 1. The van der Waals surface area contributed by atoms with Gasteiger partial charge in [-0.1, -0.05) is 0 Å². The van der Waals surface area contributed by atoms with Crippen molar-refractivity contribution in [1.29, 1.82) is 0 Å². The highest BCUT2D eigenvalue weighted by molar-refractivity contribution is 7.13. The Labute approximate surface area is 167 Å². The normalized spacial score (nSPS) is 18.3. The topological polar surface area (TPSA) is 88.4 Å². The number of nitrogens with zero attached hydrogens (tertiary/aromatic N) is 3. The first-order valence-corrected chi connectivity index (χ1v) is 9.65. The predicted octanol–water partition coefficient (Wildman–Crippen LogP) is 3.36. The molecular formula is C18H21ClN4O3S. The summed E-state index contributed by atoms with van der Waals surface area (Å²) < 4.78 is 0. The van der Waals surface area contributed by atoms with Crippen LogP contribution in [-0.2, 0) is 0 Å². The quantitative estimate of drug-likeness (QED) is 0.621. The van der Waals surface area contributed by atoms with Crippen LogP contribution in [0.1, 0.15) is 29.8 Å². The number of benzene rings is 1. The van der Waals surface area contributed by atoms with Crippen LogP contribution in [0.4, 0.5) is 5.69 Å². The molecule has 2 fully saturated rings. The molecule has 9 heteroatoms. The Hall–Kier alpha value is -2.03. The van der Waals surface area contributed by atoms with Crippen LogP contribution in [0.2, 0.25) is 0 Å². The fourth-order valence-electron chi connectivity index (χ4n) is 3.80. The Morgan fingerprint density at radius 3 is 2.52 bits per heavy atom. The van der Waals surface area contributed by atoms with Gasteiger partial charge in [-0.25, -0.2) is 4.98 Å². The maximum absolute atomic E-state index is 12.8. The number of aromatic nitrogens is 1. The Balaban J connectivity index is 0.00000210. The van der Waals surface area contributed by atoms with Crippen LogP contribution >= 0.6 is 23.7 Å². The Kier molecular flexibility index (Phi) is 5.78. The molecular weight excluding hydrogens is 388 g/mol. The van der Waals surface area contributed by atoms with Gasteiger partial charge in [0.2, 0.25) is 0 Å². The molecule has 3 heterocycles. The van der Waals surface area contributed by atoms with E-state index in [0.717, 1.165) is 44.6 Å². The van der Waals surface area contributed by atoms with Crippen molar-refractivity contribution in [3.63, 3.8) is 0 Å². The molecule has 2 aliphatic rings. The molecule has 2 saturated heterocycles. The van der Waals surface area contributed by atoms with Crippen molar-refractivity contribution in [2.24, 2.45) is 5.41 Å². The number of nitro groups is 1. The number of halogens is 1. The summed E-state index contributed by atoms with van der Waals surface area (Å²) in [6, 6.07) is 6.25. The van der Waals surface area contributed by atoms with Crippen molar-refractivity contribution in [2.75, 3.05) is 26.2 Å². The van der Waals surface area contributed by atoms with Crippen molar-refractivity contribution in [2.45, 2.75) is 19.3 Å². The summed E-state index contributed by atoms with van der Waals surface area (Å²) >= 11 is 1.39. The SMILES string of the molecule is Cl.O=C(c1csc(-c2ccc([N+](=O)[O-])cc2)n1)N1CCC2(CCNC2)CC1. The number of non-ortho nitro benzene ring substituents is 1. The second kappa shape index (κ2) is 7.92. The molecule has 4 rings (SSSR count). The average Bonchev–Trinajstić information content (AvgIpc) is 3.32. The summed E-state index contributed by atoms with van der Waals surface area (Å²) in [7, 11) is 0. The summed E-state index contributed by atoms with van der Waals surface area (Å²) in [5.74, 6) is -0.0183. The molecule has 144 valence electrons. The number of piperidine rings is 1. The fraction of sp³-hybridized carbons (Fsp3) is 0.444. The van der Waals surface area contributed by atoms with Crippen molar-refractivity contribution in [1.82, 2.24) is 15.2 Å². The molecule has 7 nitrogen and oxygen atoms in total. The van der Waals surface area contributed by atoms with E-state index in [-0.39, 0.29) is 24.0 Å². The molecule has 2 aliphatic heterocycles. The molecule has 0 saturated carbocycles. The number of carbonyl (C=O) groups excluding carboxylic acids is 1. The van der Waals surface area contributed by atoms with E-state index in [1.807, 2.05) is 4.90 Å². The number of likely N-dealkylation sites (tertiary alicyclic amines) is 1. The minimum Gasteiger partial charge on any atom is -0.337 e. The number of nitrogens with one attached hydrogen (secondary N) is 1. The second-order valence-corrected chi connectivity index (χ2v) is 7.92. The maximum Gasteiger partial charge on any atom is 0.273 e. The largest absolute Gasteiger partial charge is 0.337 e. The van der Waals surface area contributed by atoms with Crippen LogP contribution in [-0.4, -0.2) is 46.9 Å². The lowest BCUT2D eigenvalue weighted by molar-refractivity contribution is -0.384. The van der Waals surface area contributed by atoms with Gasteiger partial charge in [0.1, 0.15) is 10.7 Å². The molecule has 1 spiro atoms. The lowest BCUT2D eigenvalue weighted by atomic mass is 9.78. The first-order valence-electron chi connectivity index (χ1n) is 8.77. The molecule has 0 aliphatic carbocycles. The molecule has 1 aromatic carbocycles. The highest BCUT2D eigenvalue weighted by Crippen LogP contribution is 2.37. The van der Waals surface area contributed by atoms with E-state index in [1.54, 1.807) is 17.5 Å². The van der Waals surface area contributed by atoms with Gasteiger partial charge in [-0.3, -0.25) is 14.9 Å². The molecule has 27 heavy (non-hydrogen) atoms. The van der Waals surface area contributed by atoms with Crippen LogP contribution in [0, 0.1) is 15.5 Å². The summed E-state index contributed by atoms with van der Waals surface area (Å²) in [5.41, 5.74) is 1.67. The highest BCUT2D eigenvalue weighted by Gasteiger charge is 2.38. The van der Waals surface area contributed by atoms with Crippen molar-refractivity contribution >= 4 is 35.3 Å². The van der Waals surface area contributed by atoms with E-state index in [1.165, 1.54) is 29.9 Å². The molecule has 0 atom stereocenters. The third kappa shape index (κ3) is 3.97. The van der Waals surface area contributed by atoms with Gasteiger partial charge in [-0.05, 0) is 43.4 Å². The van der Waals surface area contributed by atoms with Crippen LogP contribution in [0.15, 0.2) is 29.6 Å². The van der Waals surface area contributed by atoms with E-state index in [4.69, 9.17) is 0 Å². The maximum atomic E-state index is 12.8. The highest BCUT2D eigenvalue weighted by atomic mass is 35.5. The van der Waals surface area contributed by atoms with Gasteiger partial charge in [-0.15, -0.1) is 23.7 Å². The lowest BCUT2D eigenvalue weighted by Crippen LogP contribution is -2.44. The molecule has 0 bridgehead atoms. The summed E-state index contributed by atoms with van der Waals surface area (Å²) in [6.45, 7) is 3.71. The first-order chi connectivity index (χ1) is 12.6. The molecule has 2 aromatic rings. The van der Waals surface area contributed by atoms with Gasteiger partial charge in [0.25, 0.3) is 11.6 Å². The number of carbonyl (C=O) groups is 1. The van der Waals surface area contributed by atoms with Crippen molar-refractivity contribution in [3.05, 3.63) is 45.5 Å². The third-order valence-corrected chi connectivity index (χ3v) is 6.38. The van der Waals surface area contributed by atoms with Gasteiger partial charge >= 0.3 is 0 Å². The first kappa shape index (κ1) is 19.7. The van der Waals surface area contributed by atoms with Crippen LogP contribution < -0.4 is 5.32 Å². The number of thiazole rings is 1. The second-order valence-electron chi connectivity index (χ2n) is 7.06. The van der Waals surface area contributed by atoms with E-state index in [9.17, 15) is 14.9 Å². The standard InChI is InChI=1S/C18H20N4O3S.ClH/c23-17(21-9-6-18(7-10-21)5-8-19-12-18)15-11-26-16(20-15)13-1-3-14(4-2-13)22(24)25;/h1-4,11,19H,5-10,12H2;1H. The average molecular weight is 409 g/mol. The molecule has 1 aromatic heterocycles. The van der Waals surface area contributed by atoms with E-state index in [0.29, 0.717) is 16.1 Å². The number of hydrogen-bond acceptors (Lipinski definition) is 6. The van der Waals surface area contributed by atoms with E-state index >= 15 is 0 Å². The zero-order valence-electron chi connectivity index (χ0n) is 14.7. The minimum absolute atomic E-state index is 0. The Bertz CT molecular complexity index is 823. The van der Waals surface area contributed by atoms with Crippen LogP contribution in [0.5, 0.6) is 0 Å². The van der Waals surface area contributed by atoms with Gasteiger partial charge < -0.3 is 10.2 Å². The van der Waals surface area contributed by atoms with Gasteiger partial charge in [0, 0.05) is 42.7 Å². The Morgan fingerprint density at radius 1 is 1.22 bits per heavy atom. The predicted molar refractivity (Wildman–Crippen MR) is 107 cm³/mol. The van der Waals surface area contributed by atoms with Gasteiger partial charge in [0.15, 0.2) is 0 Å². The Morgan fingerprint density at radius 2 is 1.93 bits per heavy atom. The van der Waals surface area contributed by atoms with Crippen molar-refractivity contribution in [3.8, 4) is 10.6 Å². The fourth-order valence-corrected chi connectivity index (χ4v) is 4.60.